The molecule has 7 nitrogen and oxygen atoms in total. The number of carbonyl (C=O) groups excluding carboxylic acids is 2. The SMILES string of the molecule is Cc1cccc(-c2sc(C)nc2C(=O)N2CCOC2CNC(=O)c2ccc3c(ccn3C)c2)c1. The van der Waals surface area contributed by atoms with Crippen molar-refractivity contribution >= 4 is 34.1 Å². The van der Waals surface area contributed by atoms with Crippen molar-refractivity contribution in [3.05, 3.63) is 76.6 Å². The number of carbonyl (C=O) groups is 2. The van der Waals surface area contributed by atoms with Gasteiger partial charge in [-0.3, -0.25) is 9.59 Å². The fourth-order valence-electron chi connectivity index (χ4n) is 4.32. The van der Waals surface area contributed by atoms with Gasteiger partial charge in [0.25, 0.3) is 11.8 Å². The minimum absolute atomic E-state index is 0.177. The van der Waals surface area contributed by atoms with Crippen molar-refractivity contribution in [3.63, 3.8) is 0 Å². The molecule has 1 aliphatic rings. The third-order valence-corrected chi connectivity index (χ3v) is 7.07. The molecular weight excluding hydrogens is 448 g/mol. The van der Waals surface area contributed by atoms with Gasteiger partial charge in [-0.2, -0.15) is 0 Å². The molecule has 1 atom stereocenters. The highest BCUT2D eigenvalue weighted by Gasteiger charge is 2.33. The summed E-state index contributed by atoms with van der Waals surface area (Å²) in [7, 11) is 1.97. The first-order valence-corrected chi connectivity index (χ1v) is 12.0. The summed E-state index contributed by atoms with van der Waals surface area (Å²) in [5.74, 6) is -0.373. The van der Waals surface area contributed by atoms with Gasteiger partial charge in [0, 0.05) is 36.3 Å². The Bertz CT molecular complexity index is 1390. The lowest BCUT2D eigenvalue weighted by Crippen LogP contribution is -2.44. The molecule has 5 rings (SSSR count). The molecule has 2 amide bonds. The lowest BCUT2D eigenvalue weighted by molar-refractivity contribution is 0.0277. The average molecular weight is 475 g/mol. The van der Waals surface area contributed by atoms with Gasteiger partial charge in [0.1, 0.15) is 11.9 Å². The lowest BCUT2D eigenvalue weighted by atomic mass is 10.1. The number of hydrogen-bond acceptors (Lipinski definition) is 5. The zero-order valence-corrected chi connectivity index (χ0v) is 20.2. The number of aromatic nitrogens is 2. The third-order valence-electron chi connectivity index (χ3n) is 6.05. The second kappa shape index (κ2) is 9.04. The molecule has 1 N–H and O–H groups in total. The van der Waals surface area contributed by atoms with Gasteiger partial charge in [0.05, 0.1) is 23.0 Å². The fraction of sp³-hybridized carbons (Fsp3) is 0.269. The summed E-state index contributed by atoms with van der Waals surface area (Å²) < 4.78 is 7.81. The summed E-state index contributed by atoms with van der Waals surface area (Å²) in [6, 6.07) is 15.7. The molecule has 1 unspecified atom stereocenters. The maximum Gasteiger partial charge on any atom is 0.276 e. The van der Waals surface area contributed by atoms with Crippen LogP contribution in [0.15, 0.2) is 54.7 Å². The van der Waals surface area contributed by atoms with Crippen LogP contribution in [0.3, 0.4) is 0 Å². The number of nitrogens with zero attached hydrogens (tertiary/aromatic N) is 3. The molecule has 0 radical (unpaired) electrons. The number of fused-ring (bicyclic) bond motifs is 1. The molecule has 3 heterocycles. The van der Waals surface area contributed by atoms with E-state index in [2.05, 4.69) is 16.4 Å². The zero-order chi connectivity index (χ0) is 23.8. The average Bonchev–Trinajstić information content (AvgIpc) is 3.55. The predicted molar refractivity (Wildman–Crippen MR) is 133 cm³/mol. The molecule has 8 heteroatoms. The van der Waals surface area contributed by atoms with Gasteiger partial charge >= 0.3 is 0 Å². The lowest BCUT2D eigenvalue weighted by Gasteiger charge is -2.23. The van der Waals surface area contributed by atoms with Crippen molar-refractivity contribution in [2.45, 2.75) is 20.1 Å². The van der Waals surface area contributed by atoms with Gasteiger partial charge in [-0.1, -0.05) is 29.8 Å². The number of benzene rings is 2. The van der Waals surface area contributed by atoms with Crippen LogP contribution in [-0.2, 0) is 11.8 Å². The van der Waals surface area contributed by atoms with Crippen molar-refractivity contribution in [2.24, 2.45) is 7.05 Å². The van der Waals surface area contributed by atoms with E-state index in [1.165, 1.54) is 11.3 Å². The number of amides is 2. The highest BCUT2D eigenvalue weighted by atomic mass is 32.1. The third kappa shape index (κ3) is 4.22. The van der Waals surface area contributed by atoms with Crippen molar-refractivity contribution in [3.8, 4) is 10.4 Å². The monoisotopic (exact) mass is 474 g/mol. The van der Waals surface area contributed by atoms with Gasteiger partial charge < -0.3 is 19.5 Å². The summed E-state index contributed by atoms with van der Waals surface area (Å²) in [5, 5.41) is 4.77. The summed E-state index contributed by atoms with van der Waals surface area (Å²) in [5.41, 5.74) is 4.18. The van der Waals surface area contributed by atoms with Crippen LogP contribution >= 0.6 is 11.3 Å². The Morgan fingerprint density at radius 2 is 2.03 bits per heavy atom. The minimum Gasteiger partial charge on any atom is -0.355 e. The molecule has 1 fully saturated rings. The first-order valence-electron chi connectivity index (χ1n) is 11.2. The molecule has 2 aromatic carbocycles. The van der Waals surface area contributed by atoms with E-state index >= 15 is 0 Å². The van der Waals surface area contributed by atoms with Crippen molar-refractivity contribution in [2.75, 3.05) is 19.7 Å². The summed E-state index contributed by atoms with van der Waals surface area (Å²) in [4.78, 5) is 33.3. The normalized spacial score (nSPS) is 15.7. The molecule has 1 saturated heterocycles. The number of hydrogen-bond donors (Lipinski definition) is 1. The molecule has 0 aliphatic carbocycles. The fourth-order valence-corrected chi connectivity index (χ4v) is 5.22. The maximum atomic E-state index is 13.5. The largest absolute Gasteiger partial charge is 0.355 e. The quantitative estimate of drug-likeness (QED) is 0.472. The van der Waals surface area contributed by atoms with E-state index in [1.54, 1.807) is 4.90 Å². The second-order valence-corrected chi connectivity index (χ2v) is 9.72. The molecule has 4 aromatic rings. The minimum atomic E-state index is -0.538. The topological polar surface area (TPSA) is 76.5 Å². The number of nitrogens with one attached hydrogen (secondary N) is 1. The van der Waals surface area contributed by atoms with Crippen LogP contribution in [0.25, 0.3) is 21.3 Å². The molecule has 174 valence electrons. The van der Waals surface area contributed by atoms with Crippen LogP contribution < -0.4 is 5.32 Å². The molecule has 0 spiro atoms. The van der Waals surface area contributed by atoms with Crippen molar-refractivity contribution < 1.29 is 14.3 Å². The summed E-state index contributed by atoms with van der Waals surface area (Å²) in [6.07, 6.45) is 1.43. The van der Waals surface area contributed by atoms with E-state index in [9.17, 15) is 9.59 Å². The van der Waals surface area contributed by atoms with E-state index in [-0.39, 0.29) is 18.4 Å². The molecule has 0 saturated carbocycles. The molecule has 34 heavy (non-hydrogen) atoms. The summed E-state index contributed by atoms with van der Waals surface area (Å²) >= 11 is 1.51. The Morgan fingerprint density at radius 3 is 2.85 bits per heavy atom. The van der Waals surface area contributed by atoms with Crippen LogP contribution in [0.5, 0.6) is 0 Å². The van der Waals surface area contributed by atoms with Gasteiger partial charge in [0.15, 0.2) is 0 Å². The number of rotatable bonds is 5. The van der Waals surface area contributed by atoms with Crippen molar-refractivity contribution in [1.82, 2.24) is 19.8 Å². The van der Waals surface area contributed by atoms with E-state index in [0.29, 0.717) is 24.4 Å². The molecule has 2 aromatic heterocycles. The van der Waals surface area contributed by atoms with Crippen LogP contribution in [-0.4, -0.2) is 52.2 Å². The Balaban J connectivity index is 1.31. The van der Waals surface area contributed by atoms with Crippen LogP contribution in [0.4, 0.5) is 0 Å². The predicted octanol–water partition coefficient (Wildman–Crippen LogP) is 4.15. The van der Waals surface area contributed by atoms with E-state index in [0.717, 1.165) is 31.9 Å². The molecule has 0 bridgehead atoms. The first-order chi connectivity index (χ1) is 16.4. The second-order valence-electron chi connectivity index (χ2n) is 8.51. The molecular formula is C26H26N4O3S. The first kappa shape index (κ1) is 22.3. The van der Waals surface area contributed by atoms with Gasteiger partial charge in [-0.25, -0.2) is 4.98 Å². The Morgan fingerprint density at radius 1 is 1.18 bits per heavy atom. The van der Waals surface area contributed by atoms with Gasteiger partial charge in [-0.15, -0.1) is 11.3 Å². The van der Waals surface area contributed by atoms with E-state index in [1.807, 2.05) is 74.1 Å². The zero-order valence-electron chi connectivity index (χ0n) is 19.4. The highest BCUT2D eigenvalue weighted by molar-refractivity contribution is 7.15. The van der Waals surface area contributed by atoms with Crippen LogP contribution in [0.2, 0.25) is 0 Å². The Kier molecular flexibility index (Phi) is 5.93. The number of thiazole rings is 1. The van der Waals surface area contributed by atoms with Gasteiger partial charge in [0.2, 0.25) is 0 Å². The van der Waals surface area contributed by atoms with E-state index < -0.39 is 6.23 Å². The van der Waals surface area contributed by atoms with Gasteiger partial charge in [-0.05, 0) is 43.7 Å². The summed E-state index contributed by atoms with van der Waals surface area (Å²) in [6.45, 7) is 5.02. The van der Waals surface area contributed by atoms with E-state index in [4.69, 9.17) is 4.74 Å². The molecule has 1 aliphatic heterocycles. The van der Waals surface area contributed by atoms with Crippen molar-refractivity contribution in [1.29, 1.82) is 0 Å². The van der Waals surface area contributed by atoms with Crippen LogP contribution in [0.1, 0.15) is 31.4 Å². The maximum absolute atomic E-state index is 13.5. The smallest absolute Gasteiger partial charge is 0.276 e. The standard InChI is InChI=1S/C26H26N4O3S/c1-16-5-4-6-19(13-16)24-23(28-17(2)34-24)26(32)30-11-12-33-22(30)15-27-25(31)20-7-8-21-18(14-20)9-10-29(21)3/h4-10,13-14,22H,11-12,15H2,1-3H3,(H,27,31). The van der Waals surface area contributed by atoms with Crippen LogP contribution in [0, 0.1) is 13.8 Å². The number of aryl methyl sites for hydroxylation is 3. The highest BCUT2D eigenvalue weighted by Crippen LogP contribution is 2.32. The Labute approximate surface area is 202 Å². The Hall–Kier alpha value is -3.49. The number of ether oxygens (including phenoxy) is 1.